The lowest BCUT2D eigenvalue weighted by atomic mass is 10.2. The number of hydrogen-bond acceptors (Lipinski definition) is 3. The standard InChI is InChI=1S/C16H16FN3O/c1-20(2)15-8-6-13(7-9-15)16(21)19-18-11-12-4-3-5-14(17)10-12/h3-11H,1-2H3,(H,19,21)/b18-11+. The van der Waals surface area contributed by atoms with Crippen molar-refractivity contribution in [1.29, 1.82) is 0 Å². The molecule has 0 bridgehead atoms. The predicted octanol–water partition coefficient (Wildman–Crippen LogP) is 2.66. The molecule has 4 nitrogen and oxygen atoms in total. The molecule has 1 N–H and O–H groups in total. The molecule has 0 aliphatic carbocycles. The number of rotatable bonds is 4. The first-order valence-electron chi connectivity index (χ1n) is 6.42. The highest BCUT2D eigenvalue weighted by Crippen LogP contribution is 2.12. The number of carbonyl (C=O) groups excluding carboxylic acids is 1. The predicted molar refractivity (Wildman–Crippen MR) is 82.2 cm³/mol. The molecule has 21 heavy (non-hydrogen) atoms. The van der Waals surface area contributed by atoms with E-state index in [1.54, 1.807) is 24.3 Å². The third-order valence-corrected chi connectivity index (χ3v) is 2.87. The lowest BCUT2D eigenvalue weighted by Gasteiger charge is -2.12. The Kier molecular flexibility index (Phi) is 4.66. The fourth-order valence-corrected chi connectivity index (χ4v) is 1.73. The maximum Gasteiger partial charge on any atom is 0.271 e. The molecule has 1 amide bonds. The molecule has 0 unspecified atom stereocenters. The number of amides is 1. The molecule has 2 aromatic carbocycles. The monoisotopic (exact) mass is 285 g/mol. The fraction of sp³-hybridized carbons (Fsp3) is 0.125. The van der Waals surface area contributed by atoms with E-state index >= 15 is 0 Å². The SMILES string of the molecule is CN(C)c1ccc(C(=O)N/N=C/c2cccc(F)c2)cc1. The summed E-state index contributed by atoms with van der Waals surface area (Å²) in [4.78, 5) is 13.8. The summed E-state index contributed by atoms with van der Waals surface area (Å²) in [7, 11) is 3.86. The van der Waals surface area contributed by atoms with E-state index in [1.807, 2.05) is 31.1 Å². The van der Waals surface area contributed by atoms with Crippen LogP contribution < -0.4 is 10.3 Å². The van der Waals surface area contributed by atoms with Crippen LogP contribution in [0, 0.1) is 5.82 Å². The third-order valence-electron chi connectivity index (χ3n) is 2.87. The molecule has 0 heterocycles. The molecule has 0 saturated carbocycles. The van der Waals surface area contributed by atoms with E-state index in [9.17, 15) is 9.18 Å². The Labute approximate surface area is 122 Å². The second kappa shape index (κ2) is 6.65. The third kappa shape index (κ3) is 4.14. The highest BCUT2D eigenvalue weighted by molar-refractivity contribution is 5.95. The Balaban J connectivity index is 1.98. The molecule has 0 aromatic heterocycles. The summed E-state index contributed by atoms with van der Waals surface area (Å²) in [6.45, 7) is 0. The van der Waals surface area contributed by atoms with Gasteiger partial charge >= 0.3 is 0 Å². The minimum atomic E-state index is -0.343. The van der Waals surface area contributed by atoms with Crippen LogP contribution in [0.5, 0.6) is 0 Å². The van der Waals surface area contributed by atoms with Crippen LogP contribution in [-0.2, 0) is 0 Å². The largest absolute Gasteiger partial charge is 0.378 e. The van der Waals surface area contributed by atoms with Gasteiger partial charge in [0.25, 0.3) is 5.91 Å². The van der Waals surface area contributed by atoms with Crippen molar-refractivity contribution in [1.82, 2.24) is 5.43 Å². The van der Waals surface area contributed by atoms with Crippen molar-refractivity contribution in [3.05, 3.63) is 65.5 Å². The summed E-state index contributed by atoms with van der Waals surface area (Å²) < 4.78 is 13.0. The zero-order chi connectivity index (χ0) is 15.2. The summed E-state index contributed by atoms with van der Waals surface area (Å²) >= 11 is 0. The van der Waals surface area contributed by atoms with E-state index in [1.165, 1.54) is 18.3 Å². The van der Waals surface area contributed by atoms with Crippen LogP contribution in [0.25, 0.3) is 0 Å². The van der Waals surface area contributed by atoms with Crippen molar-refractivity contribution in [3.63, 3.8) is 0 Å². The zero-order valence-corrected chi connectivity index (χ0v) is 11.9. The van der Waals surface area contributed by atoms with Gasteiger partial charge in [-0.05, 0) is 42.0 Å². The van der Waals surface area contributed by atoms with Crippen molar-refractivity contribution in [3.8, 4) is 0 Å². The molecule has 0 aliphatic rings. The van der Waals surface area contributed by atoms with Gasteiger partial charge in [-0.3, -0.25) is 4.79 Å². The number of hydrogen-bond donors (Lipinski definition) is 1. The van der Waals surface area contributed by atoms with Crippen LogP contribution in [0.1, 0.15) is 15.9 Å². The molecule has 2 rings (SSSR count). The van der Waals surface area contributed by atoms with Gasteiger partial charge in [0, 0.05) is 25.3 Å². The number of nitrogens with zero attached hydrogens (tertiary/aromatic N) is 2. The number of hydrazone groups is 1. The summed E-state index contributed by atoms with van der Waals surface area (Å²) in [6.07, 6.45) is 1.40. The quantitative estimate of drug-likeness (QED) is 0.693. The smallest absolute Gasteiger partial charge is 0.271 e. The Bertz CT molecular complexity index is 651. The first-order chi connectivity index (χ1) is 10.1. The zero-order valence-electron chi connectivity index (χ0n) is 11.9. The molecule has 0 saturated heterocycles. The van der Waals surface area contributed by atoms with E-state index in [2.05, 4.69) is 10.5 Å². The second-order valence-corrected chi connectivity index (χ2v) is 4.70. The van der Waals surface area contributed by atoms with Gasteiger partial charge < -0.3 is 4.90 Å². The van der Waals surface area contributed by atoms with Crippen molar-refractivity contribution in [2.24, 2.45) is 5.10 Å². The van der Waals surface area contributed by atoms with Gasteiger partial charge in [-0.2, -0.15) is 5.10 Å². The Morgan fingerprint density at radius 3 is 2.52 bits per heavy atom. The maximum atomic E-state index is 13.0. The Morgan fingerprint density at radius 2 is 1.90 bits per heavy atom. The number of anilines is 1. The highest BCUT2D eigenvalue weighted by atomic mass is 19.1. The first kappa shape index (κ1) is 14.7. The van der Waals surface area contributed by atoms with Gasteiger partial charge in [0.05, 0.1) is 6.21 Å². The lowest BCUT2D eigenvalue weighted by Crippen LogP contribution is -2.17. The van der Waals surface area contributed by atoms with Gasteiger partial charge in [-0.1, -0.05) is 12.1 Å². The fourth-order valence-electron chi connectivity index (χ4n) is 1.73. The molecule has 5 heteroatoms. The molecule has 108 valence electrons. The van der Waals surface area contributed by atoms with Crippen LogP contribution in [0.2, 0.25) is 0 Å². The van der Waals surface area contributed by atoms with E-state index in [-0.39, 0.29) is 11.7 Å². The van der Waals surface area contributed by atoms with Crippen molar-refractivity contribution < 1.29 is 9.18 Å². The molecular formula is C16H16FN3O. The molecular weight excluding hydrogens is 269 g/mol. The van der Waals surface area contributed by atoms with E-state index in [0.29, 0.717) is 11.1 Å². The minimum absolute atomic E-state index is 0.312. The number of benzene rings is 2. The van der Waals surface area contributed by atoms with Crippen LogP contribution in [0.15, 0.2) is 53.6 Å². The summed E-state index contributed by atoms with van der Waals surface area (Å²) in [5.41, 5.74) is 4.51. The molecule has 0 fully saturated rings. The van der Waals surface area contributed by atoms with Crippen LogP contribution in [-0.4, -0.2) is 26.2 Å². The number of halogens is 1. The number of nitrogens with one attached hydrogen (secondary N) is 1. The molecule has 0 aliphatic heterocycles. The van der Waals surface area contributed by atoms with E-state index in [0.717, 1.165) is 5.69 Å². The van der Waals surface area contributed by atoms with Crippen LogP contribution in [0.3, 0.4) is 0 Å². The van der Waals surface area contributed by atoms with Gasteiger partial charge in [0.2, 0.25) is 0 Å². The minimum Gasteiger partial charge on any atom is -0.378 e. The average molecular weight is 285 g/mol. The Morgan fingerprint density at radius 1 is 1.19 bits per heavy atom. The van der Waals surface area contributed by atoms with Crippen LogP contribution in [0.4, 0.5) is 10.1 Å². The first-order valence-corrected chi connectivity index (χ1v) is 6.42. The van der Waals surface area contributed by atoms with Crippen molar-refractivity contribution in [2.45, 2.75) is 0 Å². The normalized spacial score (nSPS) is 10.6. The lowest BCUT2D eigenvalue weighted by molar-refractivity contribution is 0.0955. The topological polar surface area (TPSA) is 44.7 Å². The van der Waals surface area contributed by atoms with E-state index in [4.69, 9.17) is 0 Å². The second-order valence-electron chi connectivity index (χ2n) is 4.70. The molecule has 0 radical (unpaired) electrons. The highest BCUT2D eigenvalue weighted by Gasteiger charge is 2.04. The summed E-state index contributed by atoms with van der Waals surface area (Å²) in [5, 5.41) is 3.81. The average Bonchev–Trinajstić information content (AvgIpc) is 2.47. The number of carbonyl (C=O) groups is 1. The molecule has 0 spiro atoms. The van der Waals surface area contributed by atoms with Crippen LogP contribution >= 0.6 is 0 Å². The van der Waals surface area contributed by atoms with Gasteiger partial charge in [0.15, 0.2) is 0 Å². The molecule has 0 atom stereocenters. The summed E-state index contributed by atoms with van der Waals surface area (Å²) in [6, 6.07) is 13.1. The summed E-state index contributed by atoms with van der Waals surface area (Å²) in [5.74, 6) is -0.655. The van der Waals surface area contributed by atoms with E-state index < -0.39 is 0 Å². The van der Waals surface area contributed by atoms with Crippen molar-refractivity contribution in [2.75, 3.05) is 19.0 Å². The maximum absolute atomic E-state index is 13.0. The van der Waals surface area contributed by atoms with Crippen molar-refractivity contribution >= 4 is 17.8 Å². The molecule has 2 aromatic rings. The van der Waals surface area contributed by atoms with Gasteiger partial charge in [-0.15, -0.1) is 0 Å². The van der Waals surface area contributed by atoms with Gasteiger partial charge in [0.1, 0.15) is 5.82 Å². The van der Waals surface area contributed by atoms with Gasteiger partial charge in [-0.25, -0.2) is 9.82 Å². The Hall–Kier alpha value is -2.69.